The predicted molar refractivity (Wildman–Crippen MR) is 166 cm³/mol. The molecule has 1 saturated heterocycles. The van der Waals surface area contributed by atoms with Crippen LogP contribution >= 0.6 is 35.3 Å². The molecule has 3 heterocycles. The highest BCUT2D eigenvalue weighted by Crippen LogP contribution is 2.38. The Kier molecular flexibility index (Phi) is 8.98. The molecule has 4 N–H and O–H groups in total. The zero-order chi connectivity index (χ0) is 28.9. The SMILES string of the molecule is NC(CC1CNc2ccccc21)C(=O)NCCCOc1ccc(N2C(=O)/C(=C/c3ccc([N+](=O)[O-])s3)SC2=S)cc1. The minimum absolute atomic E-state index is 0.0110. The quantitative estimate of drug-likeness (QED) is 0.0913. The first-order valence-corrected chi connectivity index (χ1v) is 15.0. The van der Waals surface area contributed by atoms with Crippen molar-refractivity contribution in [2.45, 2.75) is 24.8 Å². The number of rotatable bonds is 11. The molecule has 10 nitrogen and oxygen atoms in total. The number of thioether (sulfide) groups is 1. The highest BCUT2D eigenvalue weighted by Gasteiger charge is 2.33. The largest absolute Gasteiger partial charge is 0.494 e. The number of nitrogens with one attached hydrogen (secondary N) is 2. The second kappa shape index (κ2) is 12.8. The molecule has 2 amide bonds. The van der Waals surface area contributed by atoms with Crippen LogP contribution in [-0.4, -0.2) is 46.8 Å². The Bertz CT molecular complexity index is 1510. The van der Waals surface area contributed by atoms with Crippen LogP contribution in [0.25, 0.3) is 6.08 Å². The number of amides is 2. The van der Waals surface area contributed by atoms with E-state index in [1.54, 1.807) is 36.4 Å². The van der Waals surface area contributed by atoms with Crippen LogP contribution in [-0.2, 0) is 9.59 Å². The number of hydrogen-bond donors (Lipinski definition) is 3. The van der Waals surface area contributed by atoms with Gasteiger partial charge in [0.05, 0.1) is 28.2 Å². The van der Waals surface area contributed by atoms with Crippen LogP contribution in [0, 0.1) is 10.1 Å². The van der Waals surface area contributed by atoms with Crippen molar-refractivity contribution in [1.82, 2.24) is 5.32 Å². The van der Waals surface area contributed by atoms with Crippen LogP contribution < -0.4 is 26.0 Å². The maximum atomic E-state index is 13.0. The zero-order valence-electron chi connectivity index (χ0n) is 21.8. The lowest BCUT2D eigenvalue weighted by molar-refractivity contribution is -0.380. The summed E-state index contributed by atoms with van der Waals surface area (Å²) >= 11 is 7.56. The second-order valence-electron chi connectivity index (χ2n) is 9.44. The number of carbonyl (C=O) groups is 2. The molecule has 3 aromatic rings. The Hall–Kier alpha value is -3.78. The highest BCUT2D eigenvalue weighted by molar-refractivity contribution is 8.27. The van der Waals surface area contributed by atoms with E-state index in [4.69, 9.17) is 22.7 Å². The average Bonchev–Trinajstić information content (AvgIpc) is 3.67. The molecule has 2 unspecified atom stereocenters. The minimum atomic E-state index is -0.585. The number of hydrogen-bond acceptors (Lipinski definition) is 10. The molecule has 2 aromatic carbocycles. The summed E-state index contributed by atoms with van der Waals surface area (Å²) in [5.74, 6) is 0.381. The molecule has 0 aliphatic carbocycles. The second-order valence-corrected chi connectivity index (χ2v) is 12.2. The van der Waals surface area contributed by atoms with E-state index in [2.05, 4.69) is 16.7 Å². The molecule has 1 aromatic heterocycles. The summed E-state index contributed by atoms with van der Waals surface area (Å²) in [6.45, 7) is 1.62. The summed E-state index contributed by atoms with van der Waals surface area (Å²) in [7, 11) is 0. The monoisotopic (exact) mass is 609 g/mol. The van der Waals surface area contributed by atoms with Crippen LogP contribution in [0.4, 0.5) is 16.4 Å². The van der Waals surface area contributed by atoms with E-state index in [1.165, 1.54) is 16.5 Å². The number of ether oxygens (including phenoxy) is 1. The number of nitro groups is 1. The van der Waals surface area contributed by atoms with Crippen molar-refractivity contribution in [2.24, 2.45) is 5.73 Å². The standard InChI is InChI=1S/C28H27N5O5S3/c29-22(14-17-16-31-23-5-2-1-4-21(17)23)26(34)30-12-3-13-38-19-8-6-18(7-9-19)32-27(35)24(41-28(32)39)15-20-10-11-25(40-20)33(36)37/h1-2,4-11,15,17,22,31H,3,12-14,16,29H2,(H,30,34)/b24-15-. The third kappa shape index (κ3) is 6.76. The van der Waals surface area contributed by atoms with Crippen molar-refractivity contribution in [3.8, 4) is 5.75 Å². The van der Waals surface area contributed by atoms with E-state index in [0.29, 0.717) is 51.5 Å². The topological polar surface area (TPSA) is 140 Å². The molecule has 5 rings (SSSR count). The van der Waals surface area contributed by atoms with Gasteiger partial charge in [-0.25, -0.2) is 0 Å². The molecular weight excluding hydrogens is 583 g/mol. The van der Waals surface area contributed by atoms with Crippen LogP contribution in [0.1, 0.15) is 29.2 Å². The molecule has 0 bridgehead atoms. The van der Waals surface area contributed by atoms with Crippen LogP contribution in [0.3, 0.4) is 0 Å². The van der Waals surface area contributed by atoms with E-state index in [1.807, 2.05) is 18.2 Å². The first kappa shape index (κ1) is 28.7. The van der Waals surface area contributed by atoms with Gasteiger partial charge in [0.25, 0.3) is 5.91 Å². The van der Waals surface area contributed by atoms with Crippen LogP contribution in [0.5, 0.6) is 5.75 Å². The van der Waals surface area contributed by atoms with E-state index < -0.39 is 11.0 Å². The van der Waals surface area contributed by atoms with Gasteiger partial charge < -0.3 is 21.1 Å². The molecule has 2 aliphatic rings. The maximum absolute atomic E-state index is 13.0. The average molecular weight is 610 g/mol. The van der Waals surface area contributed by atoms with Gasteiger partial charge in [0.15, 0.2) is 4.32 Å². The van der Waals surface area contributed by atoms with Gasteiger partial charge in [-0.2, -0.15) is 0 Å². The van der Waals surface area contributed by atoms with Gasteiger partial charge in [-0.15, -0.1) is 0 Å². The first-order chi connectivity index (χ1) is 19.8. The molecule has 2 atom stereocenters. The molecule has 41 heavy (non-hydrogen) atoms. The summed E-state index contributed by atoms with van der Waals surface area (Å²) in [5, 5.41) is 17.2. The lowest BCUT2D eigenvalue weighted by Crippen LogP contribution is -2.42. The lowest BCUT2D eigenvalue weighted by Gasteiger charge is -2.17. The summed E-state index contributed by atoms with van der Waals surface area (Å²) in [6.07, 6.45) is 2.80. The van der Waals surface area contributed by atoms with Crippen molar-refractivity contribution in [3.05, 3.63) is 86.1 Å². The fraction of sp³-hybridized carbons (Fsp3) is 0.250. The number of thiophene rings is 1. The van der Waals surface area contributed by atoms with Crippen molar-refractivity contribution in [2.75, 3.05) is 29.9 Å². The van der Waals surface area contributed by atoms with Gasteiger partial charge in [0, 0.05) is 35.6 Å². The number of carbonyl (C=O) groups excluding carboxylic acids is 2. The van der Waals surface area contributed by atoms with Gasteiger partial charge in [0.2, 0.25) is 5.91 Å². The van der Waals surface area contributed by atoms with E-state index in [9.17, 15) is 19.7 Å². The summed E-state index contributed by atoms with van der Waals surface area (Å²) in [6, 6.07) is 17.5. The first-order valence-electron chi connectivity index (χ1n) is 12.9. The van der Waals surface area contributed by atoms with Crippen molar-refractivity contribution >= 4 is 73.9 Å². The molecule has 0 radical (unpaired) electrons. The Morgan fingerprint density at radius 1 is 1.24 bits per heavy atom. The molecule has 1 fully saturated rings. The predicted octanol–water partition coefficient (Wildman–Crippen LogP) is 4.87. The molecule has 2 aliphatic heterocycles. The lowest BCUT2D eigenvalue weighted by atomic mass is 9.94. The molecule has 0 saturated carbocycles. The number of thiocarbonyl (C=S) groups is 1. The number of para-hydroxylation sites is 1. The number of nitrogens with two attached hydrogens (primary N) is 1. The molecule has 212 valence electrons. The summed E-state index contributed by atoms with van der Waals surface area (Å²) in [5.41, 5.74) is 9.07. The van der Waals surface area contributed by atoms with Crippen molar-refractivity contribution in [3.63, 3.8) is 0 Å². The fourth-order valence-electron chi connectivity index (χ4n) is 4.61. The highest BCUT2D eigenvalue weighted by atomic mass is 32.2. The van der Waals surface area contributed by atoms with Crippen molar-refractivity contribution in [1.29, 1.82) is 0 Å². The minimum Gasteiger partial charge on any atom is -0.494 e. The van der Waals surface area contributed by atoms with Crippen LogP contribution in [0.2, 0.25) is 0 Å². The van der Waals surface area contributed by atoms with Gasteiger partial charge in [-0.3, -0.25) is 24.6 Å². The van der Waals surface area contributed by atoms with E-state index in [-0.39, 0.29) is 22.7 Å². The smallest absolute Gasteiger partial charge is 0.324 e. The maximum Gasteiger partial charge on any atom is 0.324 e. The Morgan fingerprint density at radius 2 is 2.02 bits per heavy atom. The van der Waals surface area contributed by atoms with Crippen LogP contribution in [0.15, 0.2) is 65.6 Å². The normalized spacial score (nSPS) is 17.8. The number of fused-ring (bicyclic) bond motifs is 1. The van der Waals surface area contributed by atoms with Gasteiger partial charge >= 0.3 is 5.00 Å². The summed E-state index contributed by atoms with van der Waals surface area (Å²) in [4.78, 5) is 38.4. The number of nitrogens with zero attached hydrogens (tertiary/aromatic N) is 2. The zero-order valence-corrected chi connectivity index (χ0v) is 24.2. The van der Waals surface area contributed by atoms with Gasteiger partial charge in [-0.1, -0.05) is 53.5 Å². The number of anilines is 2. The van der Waals surface area contributed by atoms with Gasteiger partial charge in [-0.05, 0) is 60.9 Å². The Balaban J connectivity index is 1.05. The third-order valence-corrected chi connectivity index (χ3v) is 8.94. The summed E-state index contributed by atoms with van der Waals surface area (Å²) < 4.78 is 6.17. The third-order valence-electron chi connectivity index (χ3n) is 6.66. The molecule has 0 spiro atoms. The Morgan fingerprint density at radius 3 is 2.78 bits per heavy atom. The van der Waals surface area contributed by atoms with Gasteiger partial charge in [0.1, 0.15) is 5.75 Å². The van der Waals surface area contributed by atoms with E-state index in [0.717, 1.165) is 35.3 Å². The number of benzene rings is 2. The fourth-order valence-corrected chi connectivity index (χ4v) is 6.74. The molecular formula is C28H27N5O5S3. The van der Waals surface area contributed by atoms with E-state index >= 15 is 0 Å². The Labute approximate surface area is 250 Å². The van der Waals surface area contributed by atoms with Crippen molar-refractivity contribution < 1.29 is 19.2 Å². The molecule has 13 heteroatoms.